The normalized spacial score (nSPS) is 9.92. The van der Waals surface area contributed by atoms with Gasteiger partial charge in [-0.1, -0.05) is 15.9 Å². The fourth-order valence-corrected chi connectivity index (χ4v) is 1.66. The van der Waals surface area contributed by atoms with E-state index >= 15 is 0 Å². The van der Waals surface area contributed by atoms with Gasteiger partial charge >= 0.3 is 0 Å². The molecule has 0 heterocycles. The van der Waals surface area contributed by atoms with Crippen LogP contribution < -0.4 is 11.1 Å². The minimum atomic E-state index is 0.833. The average Bonchev–Trinajstić information content (AvgIpc) is 2.00. The molecule has 0 aliphatic rings. The number of anilines is 2. The summed E-state index contributed by atoms with van der Waals surface area (Å²) in [5.74, 6) is 0. The maximum Gasteiger partial charge on any atom is 0.0587 e. The van der Waals surface area contributed by atoms with Crippen molar-refractivity contribution in [1.82, 2.24) is 0 Å². The van der Waals surface area contributed by atoms with Gasteiger partial charge in [0.1, 0.15) is 0 Å². The summed E-state index contributed by atoms with van der Waals surface area (Å²) in [4.78, 5) is 0. The Kier molecular flexibility index (Phi) is 2.98. The minimum absolute atomic E-state index is 0.833. The number of aryl methyl sites for hydroxylation is 1. The van der Waals surface area contributed by atoms with Crippen LogP contribution in [-0.4, -0.2) is 6.54 Å². The topological polar surface area (TPSA) is 38.0 Å². The van der Waals surface area contributed by atoms with Crippen LogP contribution in [0.2, 0.25) is 0 Å². The van der Waals surface area contributed by atoms with Crippen molar-refractivity contribution in [3.05, 3.63) is 22.2 Å². The summed E-state index contributed by atoms with van der Waals surface area (Å²) >= 11 is 3.42. The van der Waals surface area contributed by atoms with Crippen molar-refractivity contribution >= 4 is 27.3 Å². The number of nitrogens with two attached hydrogens (primary N) is 1. The SMILES string of the molecule is CCNc1cc(Br)cc(C)c1N. The van der Waals surface area contributed by atoms with Gasteiger partial charge in [0.25, 0.3) is 0 Å². The number of benzene rings is 1. The molecule has 1 aromatic carbocycles. The second-order valence-electron chi connectivity index (χ2n) is 2.71. The number of nitrogens with one attached hydrogen (secondary N) is 1. The standard InChI is InChI=1S/C9H13BrN2/c1-3-12-8-5-7(10)4-6(2)9(8)11/h4-5,12H,3,11H2,1-2H3. The molecule has 0 unspecified atom stereocenters. The molecule has 3 heteroatoms. The summed E-state index contributed by atoms with van der Waals surface area (Å²) in [6, 6.07) is 4.00. The highest BCUT2D eigenvalue weighted by atomic mass is 79.9. The van der Waals surface area contributed by atoms with E-state index in [4.69, 9.17) is 5.73 Å². The highest BCUT2D eigenvalue weighted by Gasteiger charge is 2.01. The molecule has 0 bridgehead atoms. The average molecular weight is 229 g/mol. The quantitative estimate of drug-likeness (QED) is 0.765. The Morgan fingerprint density at radius 2 is 2.17 bits per heavy atom. The van der Waals surface area contributed by atoms with E-state index < -0.39 is 0 Å². The Balaban J connectivity index is 3.09. The second-order valence-corrected chi connectivity index (χ2v) is 3.63. The first-order valence-electron chi connectivity index (χ1n) is 3.94. The largest absolute Gasteiger partial charge is 0.397 e. The van der Waals surface area contributed by atoms with Crippen LogP contribution in [-0.2, 0) is 0 Å². The second kappa shape index (κ2) is 3.81. The van der Waals surface area contributed by atoms with Gasteiger partial charge in [-0.2, -0.15) is 0 Å². The van der Waals surface area contributed by atoms with Crippen LogP contribution in [0.3, 0.4) is 0 Å². The maximum absolute atomic E-state index is 5.85. The maximum atomic E-state index is 5.85. The summed E-state index contributed by atoms with van der Waals surface area (Å²) in [6.07, 6.45) is 0. The molecule has 0 saturated heterocycles. The van der Waals surface area contributed by atoms with Gasteiger partial charge in [-0.25, -0.2) is 0 Å². The molecule has 66 valence electrons. The molecule has 3 N–H and O–H groups in total. The number of hydrogen-bond donors (Lipinski definition) is 2. The Morgan fingerprint density at radius 3 is 2.75 bits per heavy atom. The minimum Gasteiger partial charge on any atom is -0.397 e. The van der Waals surface area contributed by atoms with Gasteiger partial charge in [0.05, 0.1) is 11.4 Å². The van der Waals surface area contributed by atoms with Gasteiger partial charge in [-0.15, -0.1) is 0 Å². The molecule has 2 nitrogen and oxygen atoms in total. The number of halogens is 1. The molecule has 12 heavy (non-hydrogen) atoms. The molecule has 0 radical (unpaired) electrons. The molecule has 0 aliphatic carbocycles. The van der Waals surface area contributed by atoms with E-state index in [0.29, 0.717) is 0 Å². The van der Waals surface area contributed by atoms with Crippen molar-refractivity contribution in [2.75, 3.05) is 17.6 Å². The predicted molar refractivity (Wildman–Crippen MR) is 57.5 cm³/mol. The molecule has 0 saturated carbocycles. The van der Waals surface area contributed by atoms with E-state index in [9.17, 15) is 0 Å². The van der Waals surface area contributed by atoms with E-state index in [2.05, 4.69) is 28.2 Å². The molecule has 0 fully saturated rings. The summed E-state index contributed by atoms with van der Waals surface area (Å²) in [7, 11) is 0. The third-order valence-electron chi connectivity index (χ3n) is 1.72. The number of rotatable bonds is 2. The van der Waals surface area contributed by atoms with E-state index in [1.54, 1.807) is 0 Å². The monoisotopic (exact) mass is 228 g/mol. The van der Waals surface area contributed by atoms with Gasteiger partial charge in [0.2, 0.25) is 0 Å². The van der Waals surface area contributed by atoms with E-state index in [1.807, 2.05) is 19.1 Å². The van der Waals surface area contributed by atoms with Gasteiger partial charge in [0.15, 0.2) is 0 Å². The molecule has 0 aliphatic heterocycles. The van der Waals surface area contributed by atoms with E-state index in [-0.39, 0.29) is 0 Å². The number of nitrogen functional groups attached to an aromatic ring is 1. The first kappa shape index (κ1) is 9.39. The molecule has 0 atom stereocenters. The fourth-order valence-electron chi connectivity index (χ4n) is 1.09. The van der Waals surface area contributed by atoms with Gasteiger partial charge in [0, 0.05) is 11.0 Å². The Hall–Kier alpha value is -0.700. The van der Waals surface area contributed by atoms with Crippen LogP contribution in [0.4, 0.5) is 11.4 Å². The first-order chi connectivity index (χ1) is 5.65. The summed E-state index contributed by atoms with van der Waals surface area (Å²) in [5, 5.41) is 3.20. The van der Waals surface area contributed by atoms with Crippen LogP contribution >= 0.6 is 15.9 Å². The van der Waals surface area contributed by atoms with Crippen molar-refractivity contribution in [3.8, 4) is 0 Å². The van der Waals surface area contributed by atoms with Gasteiger partial charge in [-0.05, 0) is 31.5 Å². The Morgan fingerprint density at radius 1 is 1.50 bits per heavy atom. The third kappa shape index (κ3) is 1.91. The zero-order chi connectivity index (χ0) is 9.14. The van der Waals surface area contributed by atoms with Crippen LogP contribution in [0.1, 0.15) is 12.5 Å². The van der Waals surface area contributed by atoms with Crippen molar-refractivity contribution in [2.45, 2.75) is 13.8 Å². The smallest absolute Gasteiger partial charge is 0.0587 e. The lowest BCUT2D eigenvalue weighted by atomic mass is 10.2. The van der Waals surface area contributed by atoms with Gasteiger partial charge < -0.3 is 11.1 Å². The lowest BCUT2D eigenvalue weighted by Crippen LogP contribution is -2.02. The first-order valence-corrected chi connectivity index (χ1v) is 4.74. The zero-order valence-corrected chi connectivity index (χ0v) is 8.90. The lowest BCUT2D eigenvalue weighted by molar-refractivity contribution is 1.21. The molecule has 0 amide bonds. The summed E-state index contributed by atoms with van der Waals surface area (Å²) < 4.78 is 1.06. The zero-order valence-electron chi connectivity index (χ0n) is 7.32. The Bertz CT molecular complexity index is 284. The molecule has 0 spiro atoms. The van der Waals surface area contributed by atoms with Crippen molar-refractivity contribution in [1.29, 1.82) is 0 Å². The van der Waals surface area contributed by atoms with Crippen LogP contribution in [0, 0.1) is 6.92 Å². The number of hydrogen-bond acceptors (Lipinski definition) is 2. The molecular formula is C9H13BrN2. The van der Waals surface area contributed by atoms with Crippen molar-refractivity contribution in [3.63, 3.8) is 0 Å². The molecule has 1 rings (SSSR count). The van der Waals surface area contributed by atoms with Gasteiger partial charge in [-0.3, -0.25) is 0 Å². The summed E-state index contributed by atoms with van der Waals surface area (Å²) in [6.45, 7) is 4.94. The molecule has 0 aromatic heterocycles. The molecular weight excluding hydrogens is 216 g/mol. The van der Waals surface area contributed by atoms with Crippen molar-refractivity contribution in [2.24, 2.45) is 0 Å². The van der Waals surface area contributed by atoms with E-state index in [1.165, 1.54) is 0 Å². The van der Waals surface area contributed by atoms with E-state index in [0.717, 1.165) is 28.0 Å². The highest BCUT2D eigenvalue weighted by molar-refractivity contribution is 9.10. The molecule has 1 aromatic rings. The highest BCUT2D eigenvalue weighted by Crippen LogP contribution is 2.27. The fraction of sp³-hybridized carbons (Fsp3) is 0.333. The van der Waals surface area contributed by atoms with Crippen molar-refractivity contribution < 1.29 is 0 Å². The lowest BCUT2D eigenvalue weighted by Gasteiger charge is -2.09. The van der Waals surface area contributed by atoms with Crippen LogP contribution in [0.5, 0.6) is 0 Å². The van der Waals surface area contributed by atoms with Crippen LogP contribution in [0.15, 0.2) is 16.6 Å². The Labute approximate surface area is 81.3 Å². The summed E-state index contributed by atoms with van der Waals surface area (Å²) in [5.41, 5.74) is 8.79. The van der Waals surface area contributed by atoms with Crippen LogP contribution in [0.25, 0.3) is 0 Å². The third-order valence-corrected chi connectivity index (χ3v) is 2.18. The predicted octanol–water partition coefficient (Wildman–Crippen LogP) is 2.77.